The molecule has 35 heavy (non-hydrogen) atoms. The summed E-state index contributed by atoms with van der Waals surface area (Å²) >= 11 is 0. The van der Waals surface area contributed by atoms with E-state index in [9.17, 15) is 14.4 Å². The maximum absolute atomic E-state index is 12.9. The van der Waals surface area contributed by atoms with Crippen LogP contribution in [0.15, 0.2) is 91.0 Å². The quantitative estimate of drug-likeness (QED) is 0.369. The van der Waals surface area contributed by atoms with E-state index in [1.54, 1.807) is 105 Å². The number of esters is 3. The summed E-state index contributed by atoms with van der Waals surface area (Å²) < 4.78 is 23.2. The van der Waals surface area contributed by atoms with Crippen LogP contribution in [0, 0.1) is 0 Å². The summed E-state index contributed by atoms with van der Waals surface area (Å²) in [5.74, 6) is -1.72. The number of hydrogen-bond acceptors (Lipinski definition) is 7. The molecular formula is C28H26O7. The third-order valence-electron chi connectivity index (χ3n) is 6.04. The maximum atomic E-state index is 12.9. The normalized spacial score (nSPS) is 23.3. The summed E-state index contributed by atoms with van der Waals surface area (Å²) in [6.07, 6.45) is -2.52. The van der Waals surface area contributed by atoms with Crippen LogP contribution in [-0.4, -0.2) is 48.4 Å². The zero-order valence-corrected chi connectivity index (χ0v) is 19.5. The van der Waals surface area contributed by atoms with E-state index in [0.717, 1.165) is 0 Å². The molecule has 0 bridgehead atoms. The van der Waals surface area contributed by atoms with Gasteiger partial charge in [-0.2, -0.15) is 0 Å². The molecule has 1 aliphatic heterocycles. The lowest BCUT2D eigenvalue weighted by atomic mass is 9.92. The van der Waals surface area contributed by atoms with Crippen LogP contribution in [0.2, 0.25) is 0 Å². The van der Waals surface area contributed by atoms with Crippen molar-refractivity contribution in [1.29, 1.82) is 0 Å². The van der Waals surface area contributed by atoms with Crippen molar-refractivity contribution in [1.82, 2.24) is 0 Å². The minimum absolute atomic E-state index is 0.191. The Labute approximate surface area is 203 Å². The Balaban J connectivity index is 1.56. The van der Waals surface area contributed by atoms with Crippen molar-refractivity contribution in [3.05, 3.63) is 108 Å². The van der Waals surface area contributed by atoms with Gasteiger partial charge < -0.3 is 18.9 Å². The van der Waals surface area contributed by atoms with Crippen LogP contribution in [0.4, 0.5) is 0 Å². The molecule has 180 valence electrons. The van der Waals surface area contributed by atoms with Crippen molar-refractivity contribution < 1.29 is 33.3 Å². The molecule has 4 rings (SSSR count). The van der Waals surface area contributed by atoms with Gasteiger partial charge >= 0.3 is 17.9 Å². The number of hydrogen-bond donors (Lipinski definition) is 0. The molecule has 7 heteroatoms. The first kappa shape index (κ1) is 24.2. The van der Waals surface area contributed by atoms with Gasteiger partial charge in [0.15, 0.2) is 11.7 Å². The van der Waals surface area contributed by atoms with Crippen LogP contribution in [0.3, 0.4) is 0 Å². The van der Waals surface area contributed by atoms with Crippen LogP contribution in [0.1, 0.15) is 44.9 Å². The average Bonchev–Trinajstić information content (AvgIpc) is 3.12. The topological polar surface area (TPSA) is 88.1 Å². The summed E-state index contributed by atoms with van der Waals surface area (Å²) in [6, 6.07) is 25.5. The summed E-state index contributed by atoms with van der Waals surface area (Å²) in [7, 11) is 0. The van der Waals surface area contributed by atoms with Crippen molar-refractivity contribution in [2.24, 2.45) is 0 Å². The zero-order chi connectivity index (χ0) is 24.8. The Bertz CT molecular complexity index is 1160. The van der Waals surface area contributed by atoms with E-state index in [-0.39, 0.29) is 6.61 Å². The second-order valence-corrected chi connectivity index (χ2v) is 8.41. The molecule has 0 spiro atoms. The molecule has 0 saturated carbocycles. The molecule has 0 N–H and O–H groups in total. The minimum Gasteiger partial charge on any atom is -0.459 e. The summed E-state index contributed by atoms with van der Waals surface area (Å²) in [6.45, 7) is 3.18. The van der Waals surface area contributed by atoms with Gasteiger partial charge in [0.25, 0.3) is 0 Å². The number of carbonyl (C=O) groups is 3. The zero-order valence-electron chi connectivity index (χ0n) is 19.5. The number of rotatable bonds is 7. The van der Waals surface area contributed by atoms with E-state index in [0.29, 0.717) is 16.7 Å². The average molecular weight is 475 g/mol. The lowest BCUT2D eigenvalue weighted by Gasteiger charge is -2.33. The molecule has 4 unspecified atom stereocenters. The van der Waals surface area contributed by atoms with Crippen molar-refractivity contribution in [3.63, 3.8) is 0 Å². The maximum Gasteiger partial charge on any atom is 0.338 e. The molecule has 3 aromatic rings. The molecule has 1 heterocycles. The van der Waals surface area contributed by atoms with Crippen molar-refractivity contribution in [2.45, 2.75) is 37.8 Å². The van der Waals surface area contributed by atoms with Gasteiger partial charge in [-0.05, 0) is 50.2 Å². The Kier molecular flexibility index (Phi) is 7.27. The van der Waals surface area contributed by atoms with Crippen molar-refractivity contribution >= 4 is 17.9 Å². The van der Waals surface area contributed by atoms with Crippen LogP contribution < -0.4 is 0 Å². The van der Waals surface area contributed by atoms with Gasteiger partial charge in [0.05, 0.1) is 22.8 Å². The van der Waals surface area contributed by atoms with E-state index in [1.165, 1.54) is 0 Å². The van der Waals surface area contributed by atoms with E-state index in [1.807, 2.05) is 0 Å². The van der Waals surface area contributed by atoms with Crippen LogP contribution >= 0.6 is 0 Å². The molecule has 4 atom stereocenters. The lowest BCUT2D eigenvalue weighted by molar-refractivity contribution is -0.0847. The highest BCUT2D eigenvalue weighted by molar-refractivity contribution is 5.91. The summed E-state index contributed by atoms with van der Waals surface area (Å²) in [5.41, 5.74) is -0.257. The van der Waals surface area contributed by atoms with Gasteiger partial charge in [-0.25, -0.2) is 14.4 Å². The van der Waals surface area contributed by atoms with Crippen molar-refractivity contribution in [3.8, 4) is 0 Å². The Hall–Kier alpha value is -3.97. The molecule has 0 amide bonds. The summed E-state index contributed by atoms with van der Waals surface area (Å²) in [5, 5.41) is 0. The largest absolute Gasteiger partial charge is 0.459 e. The fraction of sp³-hybridized carbons (Fsp3) is 0.250. The van der Waals surface area contributed by atoms with E-state index >= 15 is 0 Å². The minimum atomic E-state index is -1.33. The highest BCUT2D eigenvalue weighted by Gasteiger charge is 2.57. The summed E-state index contributed by atoms with van der Waals surface area (Å²) in [4.78, 5) is 38.3. The third kappa shape index (κ3) is 5.41. The van der Waals surface area contributed by atoms with Gasteiger partial charge in [0, 0.05) is 0 Å². The Morgan fingerprint density at radius 2 is 1.20 bits per heavy atom. The highest BCUT2D eigenvalue weighted by Crippen LogP contribution is 2.38. The molecule has 0 radical (unpaired) electrons. The van der Waals surface area contributed by atoms with E-state index in [2.05, 4.69) is 0 Å². The van der Waals surface area contributed by atoms with Gasteiger partial charge in [-0.3, -0.25) is 0 Å². The first-order valence-electron chi connectivity index (χ1n) is 11.3. The monoisotopic (exact) mass is 474 g/mol. The SMILES string of the molecule is CC1OC(COC(=O)c2ccccc2)C(OC(=O)c2ccccc2)C1(C)OC(=O)c1ccccc1. The predicted molar refractivity (Wildman–Crippen MR) is 127 cm³/mol. The molecule has 1 aliphatic rings. The Morgan fingerprint density at radius 3 is 1.71 bits per heavy atom. The molecule has 1 fully saturated rings. The van der Waals surface area contributed by atoms with Gasteiger partial charge in [-0.15, -0.1) is 0 Å². The number of benzene rings is 3. The molecule has 7 nitrogen and oxygen atoms in total. The standard InChI is InChI=1S/C28H26O7/c1-19-28(2,35-27(31)22-16-10-5-11-17-22)24(34-26(30)21-14-8-4-9-15-21)23(33-19)18-32-25(29)20-12-6-3-7-13-20/h3-17,19,23-24H,18H2,1-2H3. The fourth-order valence-electron chi connectivity index (χ4n) is 3.94. The second kappa shape index (κ2) is 10.5. The first-order chi connectivity index (χ1) is 16.9. The molecule has 0 aromatic heterocycles. The van der Waals surface area contributed by atoms with Crippen LogP contribution in [0.5, 0.6) is 0 Å². The first-order valence-corrected chi connectivity index (χ1v) is 11.3. The fourth-order valence-corrected chi connectivity index (χ4v) is 3.94. The molecule has 3 aromatic carbocycles. The van der Waals surface area contributed by atoms with Crippen LogP contribution in [0.25, 0.3) is 0 Å². The van der Waals surface area contributed by atoms with E-state index < -0.39 is 41.8 Å². The second-order valence-electron chi connectivity index (χ2n) is 8.41. The van der Waals surface area contributed by atoms with Crippen molar-refractivity contribution in [2.75, 3.05) is 6.61 Å². The highest BCUT2D eigenvalue weighted by atomic mass is 16.7. The third-order valence-corrected chi connectivity index (χ3v) is 6.04. The molecular weight excluding hydrogens is 448 g/mol. The number of carbonyl (C=O) groups excluding carboxylic acids is 3. The smallest absolute Gasteiger partial charge is 0.338 e. The lowest BCUT2D eigenvalue weighted by Crippen LogP contribution is -2.51. The Morgan fingerprint density at radius 1 is 0.743 bits per heavy atom. The van der Waals surface area contributed by atoms with E-state index in [4.69, 9.17) is 18.9 Å². The molecule has 1 saturated heterocycles. The van der Waals surface area contributed by atoms with Gasteiger partial charge in [0.2, 0.25) is 0 Å². The predicted octanol–water partition coefficient (Wildman–Crippen LogP) is 4.47. The van der Waals surface area contributed by atoms with Gasteiger partial charge in [0.1, 0.15) is 12.7 Å². The number of ether oxygens (including phenoxy) is 4. The van der Waals surface area contributed by atoms with Crippen LogP contribution in [-0.2, 0) is 18.9 Å². The van der Waals surface area contributed by atoms with Gasteiger partial charge in [-0.1, -0.05) is 54.6 Å². The molecule has 0 aliphatic carbocycles.